The largest absolute Gasteiger partial charge is 0.349 e. The zero-order valence-corrected chi connectivity index (χ0v) is 16.7. The second kappa shape index (κ2) is 7.64. The van der Waals surface area contributed by atoms with Gasteiger partial charge in [0.15, 0.2) is 5.65 Å². The average molecular weight is 392 g/mol. The third-order valence-corrected chi connectivity index (χ3v) is 6.35. The Bertz CT molecular complexity index is 1100. The minimum atomic E-state index is 0.0452. The van der Waals surface area contributed by atoms with Crippen molar-refractivity contribution in [1.29, 1.82) is 5.26 Å². The van der Waals surface area contributed by atoms with E-state index in [9.17, 15) is 10.1 Å². The van der Waals surface area contributed by atoms with Crippen molar-refractivity contribution >= 4 is 23.3 Å². The van der Waals surface area contributed by atoms with Crippen LogP contribution in [0.3, 0.4) is 0 Å². The molecule has 142 valence electrons. The lowest BCUT2D eigenvalue weighted by atomic mass is 10.0. The summed E-state index contributed by atoms with van der Waals surface area (Å²) in [5.74, 6) is 1.06. The molecule has 0 saturated carbocycles. The van der Waals surface area contributed by atoms with Crippen LogP contribution in [-0.2, 0) is 11.2 Å². The van der Waals surface area contributed by atoms with Gasteiger partial charge >= 0.3 is 0 Å². The van der Waals surface area contributed by atoms with Crippen molar-refractivity contribution in [3.63, 3.8) is 0 Å². The van der Waals surface area contributed by atoms with E-state index in [0.717, 1.165) is 29.1 Å². The van der Waals surface area contributed by atoms with Gasteiger partial charge in [-0.3, -0.25) is 4.79 Å². The SMILES string of the molecule is Cc1nc2c(C#N)cnn2c(C)c1CCC(=O)NC1CCSc2ccccc21. The first-order valence-corrected chi connectivity index (χ1v) is 10.3. The van der Waals surface area contributed by atoms with Crippen LogP contribution in [0.2, 0.25) is 0 Å². The number of nitrogens with one attached hydrogen (secondary N) is 1. The number of fused-ring (bicyclic) bond motifs is 2. The highest BCUT2D eigenvalue weighted by molar-refractivity contribution is 7.99. The highest BCUT2D eigenvalue weighted by Crippen LogP contribution is 2.35. The lowest BCUT2D eigenvalue weighted by Crippen LogP contribution is -2.30. The third kappa shape index (κ3) is 3.36. The fourth-order valence-electron chi connectivity index (χ4n) is 3.75. The summed E-state index contributed by atoms with van der Waals surface area (Å²) >= 11 is 1.85. The Hall–Kier alpha value is -2.85. The molecule has 7 heteroatoms. The maximum atomic E-state index is 12.6. The lowest BCUT2D eigenvalue weighted by Gasteiger charge is -2.26. The summed E-state index contributed by atoms with van der Waals surface area (Å²) in [5, 5.41) is 16.6. The van der Waals surface area contributed by atoms with E-state index < -0.39 is 0 Å². The molecule has 1 N–H and O–H groups in total. The normalized spacial score (nSPS) is 15.8. The zero-order valence-electron chi connectivity index (χ0n) is 15.9. The fraction of sp³-hybridized carbons (Fsp3) is 0.333. The summed E-state index contributed by atoms with van der Waals surface area (Å²) in [6.45, 7) is 3.88. The van der Waals surface area contributed by atoms with Crippen molar-refractivity contribution < 1.29 is 4.79 Å². The van der Waals surface area contributed by atoms with E-state index in [1.165, 1.54) is 16.7 Å². The van der Waals surface area contributed by atoms with Crippen molar-refractivity contribution in [2.75, 3.05) is 5.75 Å². The summed E-state index contributed by atoms with van der Waals surface area (Å²) in [4.78, 5) is 18.4. The lowest BCUT2D eigenvalue weighted by molar-refractivity contribution is -0.121. The van der Waals surface area contributed by atoms with E-state index in [-0.39, 0.29) is 11.9 Å². The van der Waals surface area contributed by atoms with Crippen LogP contribution in [0.25, 0.3) is 5.65 Å². The van der Waals surface area contributed by atoms with Crippen molar-refractivity contribution in [3.05, 3.63) is 58.5 Å². The van der Waals surface area contributed by atoms with Crippen LogP contribution in [0, 0.1) is 25.2 Å². The molecule has 1 aliphatic heterocycles. The Morgan fingerprint density at radius 3 is 3.04 bits per heavy atom. The Morgan fingerprint density at radius 2 is 2.21 bits per heavy atom. The highest BCUT2D eigenvalue weighted by Gasteiger charge is 2.22. The average Bonchev–Trinajstić information content (AvgIpc) is 3.11. The van der Waals surface area contributed by atoms with Gasteiger partial charge in [0.2, 0.25) is 5.91 Å². The van der Waals surface area contributed by atoms with Crippen LogP contribution in [0.4, 0.5) is 0 Å². The summed E-state index contributed by atoms with van der Waals surface area (Å²) in [7, 11) is 0. The second-order valence-corrected chi connectivity index (χ2v) is 8.10. The van der Waals surface area contributed by atoms with Crippen LogP contribution in [0.15, 0.2) is 35.4 Å². The number of benzene rings is 1. The molecule has 0 fully saturated rings. The van der Waals surface area contributed by atoms with E-state index in [4.69, 9.17) is 0 Å². The number of aryl methyl sites for hydroxylation is 2. The molecule has 3 heterocycles. The molecular weight excluding hydrogens is 370 g/mol. The minimum absolute atomic E-state index is 0.0452. The standard InChI is InChI=1S/C21H21N5OS/c1-13-16(14(2)26-21(24-13)15(11-22)12-23-26)7-8-20(27)25-18-9-10-28-19-6-4-3-5-17(18)19/h3-6,12,18H,7-10H2,1-2H3,(H,25,27). The Morgan fingerprint density at radius 1 is 1.39 bits per heavy atom. The molecule has 3 aromatic rings. The van der Waals surface area contributed by atoms with E-state index in [2.05, 4.69) is 33.6 Å². The van der Waals surface area contributed by atoms with Crippen molar-refractivity contribution in [2.24, 2.45) is 0 Å². The molecule has 0 spiro atoms. The van der Waals surface area contributed by atoms with Gasteiger partial charge in [-0.25, -0.2) is 9.50 Å². The third-order valence-electron chi connectivity index (χ3n) is 5.22. The quantitative estimate of drug-likeness (QED) is 0.736. The van der Waals surface area contributed by atoms with Crippen molar-refractivity contribution in [1.82, 2.24) is 19.9 Å². The zero-order chi connectivity index (χ0) is 19.7. The predicted octanol–water partition coefficient (Wildman–Crippen LogP) is 3.50. The van der Waals surface area contributed by atoms with Gasteiger partial charge in [0.25, 0.3) is 0 Å². The van der Waals surface area contributed by atoms with Gasteiger partial charge in [0.05, 0.1) is 12.2 Å². The molecule has 28 heavy (non-hydrogen) atoms. The first-order valence-electron chi connectivity index (χ1n) is 9.33. The van der Waals surface area contributed by atoms with Gasteiger partial charge in [-0.05, 0) is 43.9 Å². The van der Waals surface area contributed by atoms with Crippen LogP contribution < -0.4 is 5.32 Å². The van der Waals surface area contributed by atoms with Crippen molar-refractivity contribution in [2.45, 2.75) is 44.0 Å². The molecule has 4 rings (SSSR count). The van der Waals surface area contributed by atoms with Crippen LogP contribution in [0.1, 0.15) is 47.0 Å². The number of thioether (sulfide) groups is 1. The molecule has 2 aromatic heterocycles. The molecule has 1 amide bonds. The molecule has 0 radical (unpaired) electrons. The number of carbonyl (C=O) groups excluding carboxylic acids is 1. The highest BCUT2D eigenvalue weighted by atomic mass is 32.2. The van der Waals surface area contributed by atoms with Crippen LogP contribution >= 0.6 is 11.8 Å². The molecular formula is C21H21N5OS. The van der Waals surface area contributed by atoms with E-state index in [1.807, 2.05) is 37.7 Å². The number of aromatic nitrogens is 3. The molecule has 0 saturated heterocycles. The number of hydrogen-bond donors (Lipinski definition) is 1. The molecule has 1 aromatic carbocycles. The number of nitriles is 1. The molecule has 6 nitrogen and oxygen atoms in total. The topological polar surface area (TPSA) is 83.1 Å². The van der Waals surface area contributed by atoms with Gasteiger partial charge in [-0.1, -0.05) is 18.2 Å². The number of amides is 1. The van der Waals surface area contributed by atoms with Gasteiger partial charge in [-0.15, -0.1) is 11.8 Å². The number of nitrogens with zero attached hydrogens (tertiary/aromatic N) is 4. The maximum absolute atomic E-state index is 12.6. The smallest absolute Gasteiger partial charge is 0.220 e. The first-order chi connectivity index (χ1) is 13.6. The molecule has 0 bridgehead atoms. The monoisotopic (exact) mass is 391 g/mol. The van der Waals surface area contributed by atoms with Crippen LogP contribution in [-0.4, -0.2) is 26.3 Å². The van der Waals surface area contributed by atoms with Crippen molar-refractivity contribution in [3.8, 4) is 6.07 Å². The Labute approximate surface area is 168 Å². The van der Waals surface area contributed by atoms with Gasteiger partial charge in [-0.2, -0.15) is 10.4 Å². The van der Waals surface area contributed by atoms with E-state index in [0.29, 0.717) is 24.1 Å². The second-order valence-electron chi connectivity index (χ2n) is 6.96. The molecule has 1 unspecified atom stereocenters. The van der Waals surface area contributed by atoms with Gasteiger partial charge < -0.3 is 5.32 Å². The van der Waals surface area contributed by atoms with E-state index in [1.54, 1.807) is 4.52 Å². The first kappa shape index (κ1) is 18.5. The molecule has 1 atom stereocenters. The summed E-state index contributed by atoms with van der Waals surface area (Å²) in [6, 6.07) is 10.5. The number of rotatable bonds is 4. The Balaban J connectivity index is 1.48. The number of carbonyl (C=O) groups is 1. The Kier molecular flexibility index (Phi) is 5.05. The fourth-order valence-corrected chi connectivity index (χ4v) is 4.87. The molecule has 1 aliphatic rings. The maximum Gasteiger partial charge on any atom is 0.220 e. The summed E-state index contributed by atoms with van der Waals surface area (Å²) in [6.07, 6.45) is 3.47. The minimum Gasteiger partial charge on any atom is -0.349 e. The summed E-state index contributed by atoms with van der Waals surface area (Å²) in [5.41, 5.74) is 5.02. The van der Waals surface area contributed by atoms with Crippen LogP contribution in [0.5, 0.6) is 0 Å². The van der Waals surface area contributed by atoms with Gasteiger partial charge in [0.1, 0.15) is 11.6 Å². The van der Waals surface area contributed by atoms with Gasteiger partial charge in [0, 0.05) is 28.5 Å². The summed E-state index contributed by atoms with van der Waals surface area (Å²) < 4.78 is 1.69. The van der Waals surface area contributed by atoms with E-state index >= 15 is 0 Å². The number of hydrogen-bond acceptors (Lipinski definition) is 5. The predicted molar refractivity (Wildman–Crippen MR) is 108 cm³/mol. The molecule has 0 aliphatic carbocycles.